The molecule has 0 atom stereocenters. The van der Waals surface area contributed by atoms with E-state index in [-0.39, 0.29) is 0 Å². The second kappa shape index (κ2) is 8.56. The summed E-state index contributed by atoms with van der Waals surface area (Å²) in [6.07, 6.45) is 10.7. The highest BCUT2D eigenvalue weighted by Gasteiger charge is 2.23. The number of nitrogens with zero attached hydrogens (tertiary/aromatic N) is 2. The van der Waals surface area contributed by atoms with Crippen LogP contribution in [0.25, 0.3) is 0 Å². The molecule has 5 heteroatoms. The summed E-state index contributed by atoms with van der Waals surface area (Å²) in [5.41, 5.74) is 0.501. The maximum atomic E-state index is 12.1. The molecule has 1 aliphatic rings. The van der Waals surface area contributed by atoms with Gasteiger partial charge in [-0.2, -0.15) is 0 Å². The van der Waals surface area contributed by atoms with E-state index in [2.05, 4.69) is 32.8 Å². The Morgan fingerprint density at radius 2 is 1.76 bits per heavy atom. The molecule has 0 radical (unpaired) electrons. The Morgan fingerprint density at radius 3 is 2.36 bits per heavy atom. The fraction of sp³-hybridized carbons (Fsp3) is 0.450. The molecule has 1 fully saturated rings. The zero-order valence-corrected chi connectivity index (χ0v) is 16.0. The van der Waals surface area contributed by atoms with Crippen LogP contribution < -0.4 is 4.74 Å². The van der Waals surface area contributed by atoms with Crippen molar-refractivity contribution in [3.05, 3.63) is 52.5 Å². The van der Waals surface area contributed by atoms with E-state index in [1.807, 2.05) is 12.1 Å². The van der Waals surface area contributed by atoms with Gasteiger partial charge in [-0.05, 0) is 55.9 Å². The zero-order chi connectivity index (χ0) is 17.6. The van der Waals surface area contributed by atoms with Crippen LogP contribution in [0.4, 0.5) is 0 Å². The molecule has 0 unspecified atom stereocenters. The molecule has 0 aliphatic heterocycles. The SMILES string of the molecule is CCCC1CCC(c2ncc(OC(=O)c3ccc(Br)cc3)cn2)CC1. The second-order valence-electron chi connectivity index (χ2n) is 6.68. The Bertz CT molecular complexity index is 693. The Balaban J connectivity index is 1.57. The van der Waals surface area contributed by atoms with Gasteiger partial charge in [0.2, 0.25) is 0 Å². The number of ether oxygens (including phenoxy) is 1. The lowest BCUT2D eigenvalue weighted by Crippen LogP contribution is -2.15. The number of aromatic nitrogens is 2. The molecule has 0 N–H and O–H groups in total. The van der Waals surface area contributed by atoms with Gasteiger partial charge in [0.15, 0.2) is 5.75 Å². The van der Waals surface area contributed by atoms with Crippen LogP contribution in [0.5, 0.6) is 5.75 Å². The number of carbonyl (C=O) groups excluding carboxylic acids is 1. The summed E-state index contributed by atoms with van der Waals surface area (Å²) < 4.78 is 6.27. The summed E-state index contributed by atoms with van der Waals surface area (Å²) in [7, 11) is 0. The monoisotopic (exact) mass is 402 g/mol. The van der Waals surface area contributed by atoms with Crippen LogP contribution in [-0.2, 0) is 0 Å². The molecule has 25 heavy (non-hydrogen) atoms. The Morgan fingerprint density at radius 1 is 1.12 bits per heavy atom. The van der Waals surface area contributed by atoms with Crippen molar-refractivity contribution < 1.29 is 9.53 Å². The number of halogens is 1. The fourth-order valence-electron chi connectivity index (χ4n) is 3.46. The van der Waals surface area contributed by atoms with Crippen LogP contribution in [0.1, 0.15) is 67.5 Å². The third kappa shape index (κ3) is 4.88. The Labute approximate surface area is 157 Å². The zero-order valence-electron chi connectivity index (χ0n) is 14.5. The molecule has 0 bridgehead atoms. The number of esters is 1. The van der Waals surface area contributed by atoms with Crippen LogP contribution in [-0.4, -0.2) is 15.9 Å². The second-order valence-corrected chi connectivity index (χ2v) is 7.60. The van der Waals surface area contributed by atoms with E-state index in [9.17, 15) is 4.79 Å². The van der Waals surface area contributed by atoms with Crippen LogP contribution in [0, 0.1) is 5.92 Å². The lowest BCUT2D eigenvalue weighted by Gasteiger charge is -2.27. The third-order valence-corrected chi connectivity index (χ3v) is 5.38. The summed E-state index contributed by atoms with van der Waals surface area (Å²) in [5, 5.41) is 0. The number of hydrogen-bond donors (Lipinski definition) is 0. The van der Waals surface area contributed by atoms with E-state index in [4.69, 9.17) is 4.74 Å². The van der Waals surface area contributed by atoms with Crippen LogP contribution in [0.2, 0.25) is 0 Å². The minimum Gasteiger partial charge on any atom is -0.420 e. The molecule has 1 aromatic heterocycles. The van der Waals surface area contributed by atoms with Crippen molar-refractivity contribution in [2.45, 2.75) is 51.4 Å². The van der Waals surface area contributed by atoms with Gasteiger partial charge < -0.3 is 4.74 Å². The van der Waals surface area contributed by atoms with E-state index in [0.717, 1.165) is 29.1 Å². The molecule has 132 valence electrons. The van der Waals surface area contributed by atoms with Crippen LogP contribution in [0.15, 0.2) is 41.1 Å². The summed E-state index contributed by atoms with van der Waals surface area (Å²) in [4.78, 5) is 21.0. The molecule has 1 heterocycles. The maximum Gasteiger partial charge on any atom is 0.343 e. The predicted molar refractivity (Wildman–Crippen MR) is 101 cm³/mol. The van der Waals surface area contributed by atoms with Crippen molar-refractivity contribution in [1.82, 2.24) is 9.97 Å². The molecule has 1 saturated carbocycles. The number of carbonyl (C=O) groups is 1. The smallest absolute Gasteiger partial charge is 0.343 e. The van der Waals surface area contributed by atoms with E-state index in [0.29, 0.717) is 17.2 Å². The molecule has 4 nitrogen and oxygen atoms in total. The molecular formula is C20H23BrN2O2. The summed E-state index contributed by atoms with van der Waals surface area (Å²) >= 11 is 3.35. The van der Waals surface area contributed by atoms with Gasteiger partial charge in [0, 0.05) is 10.4 Å². The molecule has 1 aliphatic carbocycles. The van der Waals surface area contributed by atoms with E-state index < -0.39 is 5.97 Å². The standard InChI is InChI=1S/C20H23BrN2O2/c1-2-3-14-4-6-15(7-5-14)19-22-12-18(13-23-19)25-20(24)16-8-10-17(21)11-9-16/h8-15H,2-7H2,1H3. The first kappa shape index (κ1) is 18.1. The molecule has 0 amide bonds. The van der Waals surface area contributed by atoms with Gasteiger partial charge in [0.05, 0.1) is 18.0 Å². The number of rotatable bonds is 5. The quantitative estimate of drug-likeness (QED) is 0.616. The first-order valence-electron chi connectivity index (χ1n) is 8.95. The van der Waals surface area contributed by atoms with Gasteiger partial charge in [0.1, 0.15) is 5.82 Å². The number of benzene rings is 1. The largest absolute Gasteiger partial charge is 0.420 e. The van der Waals surface area contributed by atoms with E-state index in [1.54, 1.807) is 24.5 Å². The summed E-state index contributed by atoms with van der Waals surface area (Å²) in [6.45, 7) is 2.25. The molecule has 0 saturated heterocycles. The van der Waals surface area contributed by atoms with E-state index in [1.165, 1.54) is 25.7 Å². The lowest BCUT2D eigenvalue weighted by molar-refractivity contribution is 0.0733. The highest BCUT2D eigenvalue weighted by atomic mass is 79.9. The van der Waals surface area contributed by atoms with Crippen molar-refractivity contribution >= 4 is 21.9 Å². The molecule has 1 aromatic carbocycles. The minimum absolute atomic E-state index is 0.385. The highest BCUT2D eigenvalue weighted by Crippen LogP contribution is 2.36. The van der Waals surface area contributed by atoms with Gasteiger partial charge in [0.25, 0.3) is 0 Å². The van der Waals surface area contributed by atoms with Crippen molar-refractivity contribution in [1.29, 1.82) is 0 Å². The van der Waals surface area contributed by atoms with E-state index >= 15 is 0 Å². The third-order valence-electron chi connectivity index (χ3n) is 4.85. The van der Waals surface area contributed by atoms with Crippen molar-refractivity contribution in [3.63, 3.8) is 0 Å². The molecule has 2 aromatic rings. The van der Waals surface area contributed by atoms with Crippen molar-refractivity contribution in [2.24, 2.45) is 5.92 Å². The Hall–Kier alpha value is -1.75. The summed E-state index contributed by atoms with van der Waals surface area (Å²) in [5.74, 6) is 2.16. The number of hydrogen-bond acceptors (Lipinski definition) is 4. The van der Waals surface area contributed by atoms with Gasteiger partial charge >= 0.3 is 5.97 Å². The lowest BCUT2D eigenvalue weighted by atomic mass is 9.80. The van der Waals surface area contributed by atoms with Gasteiger partial charge in [-0.25, -0.2) is 14.8 Å². The van der Waals surface area contributed by atoms with Crippen LogP contribution >= 0.6 is 15.9 Å². The average molecular weight is 403 g/mol. The first-order chi connectivity index (χ1) is 12.2. The molecule has 3 rings (SSSR count). The Kier molecular flexibility index (Phi) is 6.19. The van der Waals surface area contributed by atoms with Crippen LogP contribution in [0.3, 0.4) is 0 Å². The summed E-state index contributed by atoms with van der Waals surface area (Å²) in [6, 6.07) is 7.06. The van der Waals surface area contributed by atoms with Gasteiger partial charge in [-0.3, -0.25) is 0 Å². The fourth-order valence-corrected chi connectivity index (χ4v) is 3.72. The topological polar surface area (TPSA) is 52.1 Å². The molecule has 0 spiro atoms. The maximum absolute atomic E-state index is 12.1. The van der Waals surface area contributed by atoms with Crippen molar-refractivity contribution in [2.75, 3.05) is 0 Å². The predicted octanol–water partition coefficient (Wildman–Crippen LogP) is 5.53. The van der Waals surface area contributed by atoms with Gasteiger partial charge in [-0.1, -0.05) is 35.7 Å². The minimum atomic E-state index is -0.399. The average Bonchev–Trinajstić information content (AvgIpc) is 2.64. The van der Waals surface area contributed by atoms with Gasteiger partial charge in [-0.15, -0.1) is 0 Å². The normalized spacial score (nSPS) is 20.2. The first-order valence-corrected chi connectivity index (χ1v) is 9.74. The molecular weight excluding hydrogens is 380 g/mol. The van der Waals surface area contributed by atoms with Crippen molar-refractivity contribution in [3.8, 4) is 5.75 Å². The highest BCUT2D eigenvalue weighted by molar-refractivity contribution is 9.10.